The molecular formula is C12H23NO. The van der Waals surface area contributed by atoms with E-state index in [1.165, 1.54) is 25.7 Å². The first-order valence-corrected chi connectivity index (χ1v) is 5.99. The zero-order valence-corrected chi connectivity index (χ0v) is 9.47. The molecule has 0 unspecified atom stereocenters. The van der Waals surface area contributed by atoms with Crippen molar-refractivity contribution in [2.75, 3.05) is 6.54 Å². The van der Waals surface area contributed by atoms with Crippen molar-refractivity contribution in [1.29, 1.82) is 0 Å². The first kappa shape index (κ1) is 10.4. The molecule has 2 aliphatic carbocycles. The summed E-state index contributed by atoms with van der Waals surface area (Å²) in [5.41, 5.74) is -0.162. The molecule has 0 aromatic rings. The van der Waals surface area contributed by atoms with Gasteiger partial charge >= 0.3 is 0 Å². The van der Waals surface area contributed by atoms with E-state index < -0.39 is 5.60 Å². The fourth-order valence-electron chi connectivity index (χ4n) is 2.55. The van der Waals surface area contributed by atoms with E-state index in [9.17, 15) is 5.11 Å². The second-order valence-corrected chi connectivity index (χ2v) is 5.78. The molecule has 0 heterocycles. The molecule has 0 aliphatic heterocycles. The van der Waals surface area contributed by atoms with Gasteiger partial charge in [0.25, 0.3) is 0 Å². The van der Waals surface area contributed by atoms with Crippen LogP contribution in [0, 0.1) is 5.92 Å². The van der Waals surface area contributed by atoms with Gasteiger partial charge in [-0.1, -0.05) is 12.8 Å². The van der Waals surface area contributed by atoms with Gasteiger partial charge in [0.15, 0.2) is 0 Å². The van der Waals surface area contributed by atoms with Crippen LogP contribution in [0.25, 0.3) is 0 Å². The largest absolute Gasteiger partial charge is 0.389 e. The Balaban J connectivity index is 1.80. The maximum Gasteiger partial charge on any atom is 0.0771 e. The minimum Gasteiger partial charge on any atom is -0.389 e. The van der Waals surface area contributed by atoms with Crippen molar-refractivity contribution in [3.63, 3.8) is 0 Å². The molecular weight excluding hydrogens is 174 g/mol. The van der Waals surface area contributed by atoms with E-state index in [0.29, 0.717) is 0 Å². The van der Waals surface area contributed by atoms with Gasteiger partial charge in [-0.25, -0.2) is 0 Å². The molecule has 0 amide bonds. The van der Waals surface area contributed by atoms with Crippen LogP contribution < -0.4 is 5.32 Å². The van der Waals surface area contributed by atoms with Gasteiger partial charge < -0.3 is 10.4 Å². The highest BCUT2D eigenvalue weighted by molar-refractivity contribution is 4.97. The highest BCUT2D eigenvalue weighted by atomic mass is 16.3. The lowest BCUT2D eigenvalue weighted by Gasteiger charge is -2.32. The van der Waals surface area contributed by atoms with Gasteiger partial charge in [0.2, 0.25) is 0 Å². The third-order valence-corrected chi connectivity index (χ3v) is 4.01. The third-order valence-electron chi connectivity index (χ3n) is 4.01. The van der Waals surface area contributed by atoms with Gasteiger partial charge in [0.05, 0.1) is 5.60 Å². The summed E-state index contributed by atoms with van der Waals surface area (Å²) in [4.78, 5) is 0. The normalized spacial score (nSPS) is 26.8. The molecule has 2 aliphatic rings. The van der Waals surface area contributed by atoms with E-state index in [1.54, 1.807) is 0 Å². The quantitative estimate of drug-likeness (QED) is 0.723. The van der Waals surface area contributed by atoms with E-state index in [2.05, 4.69) is 19.2 Å². The van der Waals surface area contributed by atoms with Crippen LogP contribution in [0.15, 0.2) is 0 Å². The molecule has 0 atom stereocenters. The lowest BCUT2D eigenvalue weighted by Crippen LogP contribution is -2.49. The van der Waals surface area contributed by atoms with Crippen LogP contribution in [0.5, 0.6) is 0 Å². The van der Waals surface area contributed by atoms with Crippen LogP contribution >= 0.6 is 0 Å². The standard InChI is InChI=1S/C12H23NO/c1-11(2,10-5-6-10)13-9-12(14)7-3-4-8-12/h10,13-14H,3-9H2,1-2H3. The Morgan fingerprint density at radius 1 is 1.29 bits per heavy atom. The molecule has 0 aromatic carbocycles. The molecule has 2 N–H and O–H groups in total. The molecule has 0 saturated heterocycles. The Morgan fingerprint density at radius 2 is 1.86 bits per heavy atom. The fraction of sp³-hybridized carbons (Fsp3) is 1.00. The summed E-state index contributed by atoms with van der Waals surface area (Å²) >= 11 is 0. The lowest BCUT2D eigenvalue weighted by molar-refractivity contribution is 0.0390. The molecule has 2 heteroatoms. The highest BCUT2D eigenvalue weighted by Gasteiger charge is 2.39. The number of aliphatic hydroxyl groups is 1. The monoisotopic (exact) mass is 197 g/mol. The van der Waals surface area contributed by atoms with Crippen molar-refractivity contribution in [3.05, 3.63) is 0 Å². The summed E-state index contributed by atoms with van der Waals surface area (Å²) < 4.78 is 0. The maximum atomic E-state index is 10.2. The zero-order chi connectivity index (χ0) is 10.2. The number of hydrogen-bond donors (Lipinski definition) is 2. The number of hydrogen-bond acceptors (Lipinski definition) is 2. The molecule has 0 spiro atoms. The first-order valence-electron chi connectivity index (χ1n) is 5.99. The summed E-state index contributed by atoms with van der Waals surface area (Å²) in [6, 6.07) is 0. The van der Waals surface area contributed by atoms with E-state index in [4.69, 9.17) is 0 Å². The molecule has 2 rings (SSSR count). The zero-order valence-electron chi connectivity index (χ0n) is 9.47. The maximum absolute atomic E-state index is 10.2. The van der Waals surface area contributed by atoms with Gasteiger partial charge in [-0.05, 0) is 45.4 Å². The predicted molar refractivity (Wildman–Crippen MR) is 58.2 cm³/mol. The van der Waals surface area contributed by atoms with Gasteiger partial charge in [-0.3, -0.25) is 0 Å². The van der Waals surface area contributed by atoms with Crippen LogP contribution in [0.3, 0.4) is 0 Å². The Labute approximate surface area is 87.1 Å². The molecule has 2 nitrogen and oxygen atoms in total. The Kier molecular flexibility index (Phi) is 2.61. The average molecular weight is 197 g/mol. The van der Waals surface area contributed by atoms with Crippen molar-refractivity contribution in [2.24, 2.45) is 5.92 Å². The van der Waals surface area contributed by atoms with Gasteiger partial charge in [0.1, 0.15) is 0 Å². The molecule has 2 fully saturated rings. The summed E-state index contributed by atoms with van der Waals surface area (Å²) in [7, 11) is 0. The van der Waals surface area contributed by atoms with Crippen molar-refractivity contribution in [2.45, 2.75) is 63.5 Å². The molecule has 14 heavy (non-hydrogen) atoms. The fourth-order valence-corrected chi connectivity index (χ4v) is 2.55. The first-order chi connectivity index (χ1) is 6.52. The Morgan fingerprint density at radius 3 is 2.36 bits per heavy atom. The summed E-state index contributed by atoms with van der Waals surface area (Å²) in [5, 5.41) is 13.7. The molecule has 82 valence electrons. The van der Waals surface area contributed by atoms with Gasteiger partial charge in [-0.15, -0.1) is 0 Å². The van der Waals surface area contributed by atoms with Crippen LogP contribution in [-0.4, -0.2) is 22.8 Å². The van der Waals surface area contributed by atoms with Crippen molar-refractivity contribution >= 4 is 0 Å². The predicted octanol–water partition coefficient (Wildman–Crippen LogP) is 2.07. The van der Waals surface area contributed by atoms with Crippen LogP contribution in [-0.2, 0) is 0 Å². The van der Waals surface area contributed by atoms with Crippen LogP contribution in [0.4, 0.5) is 0 Å². The van der Waals surface area contributed by atoms with E-state index in [0.717, 1.165) is 25.3 Å². The van der Waals surface area contributed by atoms with Crippen molar-refractivity contribution in [1.82, 2.24) is 5.32 Å². The second-order valence-electron chi connectivity index (χ2n) is 5.78. The highest BCUT2D eigenvalue weighted by Crippen LogP contribution is 2.39. The lowest BCUT2D eigenvalue weighted by atomic mass is 9.95. The third kappa shape index (κ3) is 2.29. The van der Waals surface area contributed by atoms with E-state index >= 15 is 0 Å². The molecule has 2 saturated carbocycles. The molecule has 0 radical (unpaired) electrons. The van der Waals surface area contributed by atoms with E-state index in [1.807, 2.05) is 0 Å². The molecule has 0 aromatic heterocycles. The summed E-state index contributed by atoms with van der Waals surface area (Å²) in [5.74, 6) is 0.840. The summed E-state index contributed by atoms with van der Waals surface area (Å²) in [6.07, 6.45) is 7.09. The smallest absolute Gasteiger partial charge is 0.0771 e. The average Bonchev–Trinajstić information content (AvgIpc) is 2.89. The number of β-amino-alcohol motifs (C(OH)–C–C–N with tert-alkyl or cyclic N) is 1. The minimum atomic E-state index is -0.397. The number of rotatable bonds is 4. The van der Waals surface area contributed by atoms with Crippen molar-refractivity contribution < 1.29 is 5.11 Å². The van der Waals surface area contributed by atoms with E-state index in [-0.39, 0.29) is 5.54 Å². The van der Waals surface area contributed by atoms with Crippen molar-refractivity contribution in [3.8, 4) is 0 Å². The molecule has 0 bridgehead atoms. The minimum absolute atomic E-state index is 0.234. The SMILES string of the molecule is CC(C)(NCC1(O)CCCC1)C1CC1. The van der Waals surface area contributed by atoms with Gasteiger partial charge in [-0.2, -0.15) is 0 Å². The topological polar surface area (TPSA) is 32.3 Å². The van der Waals surface area contributed by atoms with Crippen LogP contribution in [0.1, 0.15) is 52.4 Å². The summed E-state index contributed by atoms with van der Waals surface area (Å²) in [6.45, 7) is 5.32. The second kappa shape index (κ2) is 3.49. The Bertz CT molecular complexity index is 198. The van der Waals surface area contributed by atoms with Crippen LogP contribution in [0.2, 0.25) is 0 Å². The Hall–Kier alpha value is -0.0800. The van der Waals surface area contributed by atoms with Gasteiger partial charge in [0, 0.05) is 12.1 Å². The number of nitrogens with one attached hydrogen (secondary N) is 1.